The molecule has 0 spiro atoms. The minimum absolute atomic E-state index is 0.0691. The highest BCUT2D eigenvalue weighted by molar-refractivity contribution is 6.08. The van der Waals surface area contributed by atoms with Gasteiger partial charge in [-0.15, -0.1) is 0 Å². The quantitative estimate of drug-likeness (QED) is 0.258. The summed E-state index contributed by atoms with van der Waals surface area (Å²) in [6.45, 7) is 0. The zero-order chi connectivity index (χ0) is 10.6. The number of benzene rings is 1. The summed E-state index contributed by atoms with van der Waals surface area (Å²) in [5.41, 5.74) is 0.232. The largest absolute Gasteiger partial charge is 0.289 e. The Balaban J connectivity index is 2.99. The molecule has 0 atom stereocenters. The summed E-state index contributed by atoms with van der Waals surface area (Å²) in [5.74, 6) is 1.45. The molecule has 0 aliphatic rings. The summed E-state index contributed by atoms with van der Waals surface area (Å²) < 4.78 is 0. The summed E-state index contributed by atoms with van der Waals surface area (Å²) in [5, 5.41) is 16.8. The first kappa shape index (κ1) is 9.83. The maximum atomic E-state index is 11.1. The topological polar surface area (TPSA) is 84.1 Å². The van der Waals surface area contributed by atoms with Gasteiger partial charge in [0.25, 0.3) is 5.69 Å². The first-order valence-corrected chi connectivity index (χ1v) is 3.69. The van der Waals surface area contributed by atoms with E-state index in [0.717, 1.165) is 6.08 Å². The van der Waals surface area contributed by atoms with Crippen LogP contribution in [0, 0.1) is 15.5 Å². The van der Waals surface area contributed by atoms with Crippen LogP contribution in [0.1, 0.15) is 10.4 Å². The zero-order valence-corrected chi connectivity index (χ0v) is 7.06. The number of carbonyl (C=O) groups is 1. The highest BCUT2D eigenvalue weighted by Gasteiger charge is 2.06. The number of non-ortho nitro benzene ring substituents is 1. The van der Waals surface area contributed by atoms with E-state index < -0.39 is 10.7 Å². The molecule has 70 valence electrons. The first-order chi connectivity index (χ1) is 6.65. The van der Waals surface area contributed by atoms with Crippen molar-refractivity contribution in [3.05, 3.63) is 46.0 Å². The summed E-state index contributed by atoms with van der Waals surface area (Å²) in [4.78, 5) is 20.9. The number of allylic oxidation sites excluding steroid dienone is 1. The van der Waals surface area contributed by atoms with Crippen LogP contribution in [0.25, 0.3) is 0 Å². The standard InChI is InChI=1S/C9H6N2O3/c10-6-5-9(12)7-1-3-8(4-2-7)11(13)14/h1-5,10H. The second kappa shape index (κ2) is 4.11. The van der Waals surface area contributed by atoms with Crippen molar-refractivity contribution in [1.82, 2.24) is 0 Å². The van der Waals surface area contributed by atoms with Crippen LogP contribution in [0.2, 0.25) is 0 Å². The van der Waals surface area contributed by atoms with Crippen LogP contribution in [-0.4, -0.2) is 16.6 Å². The van der Waals surface area contributed by atoms with Gasteiger partial charge in [0.05, 0.1) is 4.92 Å². The summed E-state index contributed by atoms with van der Waals surface area (Å²) >= 11 is 0. The van der Waals surface area contributed by atoms with E-state index in [4.69, 9.17) is 5.41 Å². The van der Waals surface area contributed by atoms with Crippen LogP contribution in [0.3, 0.4) is 0 Å². The molecule has 14 heavy (non-hydrogen) atoms. The van der Waals surface area contributed by atoms with E-state index in [1.807, 2.05) is 5.87 Å². The van der Waals surface area contributed by atoms with Gasteiger partial charge in [0, 0.05) is 23.8 Å². The molecule has 0 aromatic heterocycles. The van der Waals surface area contributed by atoms with Gasteiger partial charge in [-0.3, -0.25) is 20.3 Å². The Hall–Kier alpha value is -2.26. The molecular weight excluding hydrogens is 184 g/mol. The van der Waals surface area contributed by atoms with Crippen molar-refractivity contribution in [2.45, 2.75) is 0 Å². The van der Waals surface area contributed by atoms with Gasteiger partial charge in [-0.25, -0.2) is 0 Å². The number of nitrogens with zero attached hydrogens (tertiary/aromatic N) is 1. The molecule has 0 amide bonds. The lowest BCUT2D eigenvalue weighted by Gasteiger charge is -1.93. The van der Waals surface area contributed by atoms with Crippen LogP contribution in [0.5, 0.6) is 0 Å². The van der Waals surface area contributed by atoms with Gasteiger partial charge in [0.1, 0.15) is 0 Å². The molecule has 0 bridgehead atoms. The van der Waals surface area contributed by atoms with Crippen LogP contribution < -0.4 is 0 Å². The van der Waals surface area contributed by atoms with Gasteiger partial charge in [0.2, 0.25) is 0 Å². The molecule has 5 nitrogen and oxygen atoms in total. The normalized spacial score (nSPS) is 8.86. The van der Waals surface area contributed by atoms with E-state index in [0.29, 0.717) is 5.56 Å². The first-order valence-electron chi connectivity index (χ1n) is 3.69. The van der Waals surface area contributed by atoms with Crippen molar-refractivity contribution in [3.8, 4) is 0 Å². The third-order valence-electron chi connectivity index (χ3n) is 1.57. The molecule has 0 radical (unpaired) electrons. The average Bonchev–Trinajstić information content (AvgIpc) is 2.18. The lowest BCUT2D eigenvalue weighted by Crippen LogP contribution is -1.95. The van der Waals surface area contributed by atoms with Crippen molar-refractivity contribution < 1.29 is 9.72 Å². The van der Waals surface area contributed by atoms with Gasteiger partial charge in [-0.05, 0) is 18.0 Å². The Kier molecular flexibility index (Phi) is 2.89. The van der Waals surface area contributed by atoms with Crippen LogP contribution in [0.15, 0.2) is 30.3 Å². The van der Waals surface area contributed by atoms with E-state index in [1.54, 1.807) is 0 Å². The summed E-state index contributed by atoms with van der Waals surface area (Å²) in [6.07, 6.45) is 0.959. The lowest BCUT2D eigenvalue weighted by molar-refractivity contribution is -0.384. The summed E-state index contributed by atoms with van der Waals surface area (Å²) in [7, 11) is 0. The minimum Gasteiger partial charge on any atom is -0.289 e. The maximum absolute atomic E-state index is 11.1. The van der Waals surface area contributed by atoms with Gasteiger partial charge in [-0.1, -0.05) is 0 Å². The minimum atomic E-state index is -0.541. The number of hydrogen-bond acceptors (Lipinski definition) is 4. The van der Waals surface area contributed by atoms with Crippen LogP contribution >= 0.6 is 0 Å². The third-order valence-corrected chi connectivity index (χ3v) is 1.57. The summed E-state index contributed by atoms with van der Waals surface area (Å²) in [6, 6.07) is 5.17. The molecule has 0 saturated carbocycles. The molecule has 0 saturated heterocycles. The number of ketones is 1. The molecule has 0 aliphatic heterocycles. The SMILES string of the molecule is N=C=CC(=O)c1ccc([N+](=O)[O-])cc1. The second-order valence-corrected chi connectivity index (χ2v) is 2.46. The van der Waals surface area contributed by atoms with Gasteiger partial charge in [-0.2, -0.15) is 0 Å². The number of nitrogens with one attached hydrogen (secondary N) is 1. The highest BCUT2D eigenvalue weighted by atomic mass is 16.6. The Morgan fingerprint density at radius 2 is 2.00 bits per heavy atom. The Labute approximate surface area is 79.3 Å². The van der Waals surface area contributed by atoms with E-state index in [1.165, 1.54) is 24.3 Å². The van der Waals surface area contributed by atoms with Crippen molar-refractivity contribution >= 4 is 17.3 Å². The van der Waals surface area contributed by atoms with Crippen molar-refractivity contribution in [2.75, 3.05) is 0 Å². The third kappa shape index (κ3) is 2.12. The van der Waals surface area contributed by atoms with E-state index >= 15 is 0 Å². The maximum Gasteiger partial charge on any atom is 0.269 e. The second-order valence-electron chi connectivity index (χ2n) is 2.46. The molecule has 5 heteroatoms. The fraction of sp³-hybridized carbons (Fsp3) is 0. The molecule has 0 fully saturated rings. The molecule has 1 aromatic rings. The van der Waals surface area contributed by atoms with Gasteiger partial charge >= 0.3 is 0 Å². The van der Waals surface area contributed by atoms with Crippen LogP contribution in [-0.2, 0) is 0 Å². The van der Waals surface area contributed by atoms with Crippen molar-refractivity contribution in [1.29, 1.82) is 5.41 Å². The highest BCUT2D eigenvalue weighted by Crippen LogP contribution is 2.12. The number of carbonyl (C=O) groups excluding carboxylic acids is 1. The molecule has 0 aliphatic carbocycles. The molecule has 0 unspecified atom stereocenters. The van der Waals surface area contributed by atoms with E-state index in [9.17, 15) is 14.9 Å². The Morgan fingerprint density at radius 1 is 1.43 bits per heavy atom. The van der Waals surface area contributed by atoms with E-state index in [2.05, 4.69) is 0 Å². The Morgan fingerprint density at radius 3 is 2.43 bits per heavy atom. The van der Waals surface area contributed by atoms with Crippen molar-refractivity contribution in [3.63, 3.8) is 0 Å². The number of nitro benzene ring substituents is 1. The lowest BCUT2D eigenvalue weighted by atomic mass is 10.1. The van der Waals surface area contributed by atoms with E-state index in [-0.39, 0.29) is 5.69 Å². The zero-order valence-electron chi connectivity index (χ0n) is 7.06. The predicted octanol–water partition coefficient (Wildman–Crippen LogP) is 1.58. The fourth-order valence-corrected chi connectivity index (χ4v) is 0.896. The molecule has 1 rings (SSSR count). The number of rotatable bonds is 3. The van der Waals surface area contributed by atoms with Gasteiger partial charge < -0.3 is 0 Å². The average molecular weight is 190 g/mol. The smallest absolute Gasteiger partial charge is 0.269 e. The fourth-order valence-electron chi connectivity index (χ4n) is 0.896. The predicted molar refractivity (Wildman–Crippen MR) is 49.7 cm³/mol. The van der Waals surface area contributed by atoms with Gasteiger partial charge in [0.15, 0.2) is 5.78 Å². The molecule has 1 aromatic carbocycles. The Bertz CT molecular complexity index is 416. The monoisotopic (exact) mass is 190 g/mol. The molecule has 0 heterocycles. The van der Waals surface area contributed by atoms with Crippen LogP contribution in [0.4, 0.5) is 5.69 Å². The number of hydrogen-bond donors (Lipinski definition) is 1. The molecular formula is C9H6N2O3. The van der Waals surface area contributed by atoms with Crippen molar-refractivity contribution in [2.24, 2.45) is 0 Å². The number of nitro groups is 1. The molecule has 1 N–H and O–H groups in total.